The molecule has 192 valence electrons. The fraction of sp³-hybridized carbons (Fsp3) is 0.733. The lowest BCUT2D eigenvalue weighted by Gasteiger charge is -2.37. The Kier molecular flexibility index (Phi) is 11.1. The molecule has 0 fully saturated rings. The number of carboxylic acid groups (broad SMARTS) is 1. The van der Waals surface area contributed by atoms with E-state index >= 15 is 0 Å². The molecule has 0 saturated heterocycles. The van der Waals surface area contributed by atoms with Crippen molar-refractivity contribution in [1.29, 1.82) is 0 Å². The Balaban J connectivity index is 2.12. The number of amides is 1. The first-order valence-corrected chi connectivity index (χ1v) is 13.8. The van der Waals surface area contributed by atoms with Crippen LogP contribution in [-0.4, -0.2) is 35.0 Å². The number of hydrogen-bond acceptors (Lipinski definition) is 2. The van der Waals surface area contributed by atoms with E-state index in [0.717, 1.165) is 63.5 Å². The number of aliphatic carboxylic acids is 1. The molecule has 0 radical (unpaired) electrons. The molecule has 0 heterocycles. The first kappa shape index (κ1) is 28.4. The molecule has 1 aliphatic rings. The minimum absolute atomic E-state index is 0.0467. The second-order valence-corrected chi connectivity index (χ2v) is 10.8. The van der Waals surface area contributed by atoms with Crippen molar-refractivity contribution < 1.29 is 14.7 Å². The largest absolute Gasteiger partial charge is 0.481 e. The van der Waals surface area contributed by atoms with E-state index in [9.17, 15) is 14.7 Å². The van der Waals surface area contributed by atoms with Crippen molar-refractivity contribution in [3.05, 3.63) is 34.9 Å². The van der Waals surface area contributed by atoms with Gasteiger partial charge in [0.1, 0.15) is 0 Å². The molecule has 4 unspecified atom stereocenters. The SMILES string of the molecule is CCCCCC(CC)C(=O)N(CCC)CCC(C)C(C)C(C)(C(=O)O)c1ccc2c(c1)CCC2. The predicted octanol–water partition coefficient (Wildman–Crippen LogP) is 7.03. The molecule has 2 rings (SSSR count). The molecule has 1 aliphatic carbocycles. The Morgan fingerprint density at radius 1 is 1.00 bits per heavy atom. The van der Waals surface area contributed by atoms with E-state index in [1.807, 2.05) is 13.0 Å². The fourth-order valence-electron chi connectivity index (χ4n) is 5.66. The number of benzene rings is 1. The van der Waals surface area contributed by atoms with Gasteiger partial charge in [-0.2, -0.15) is 0 Å². The molecule has 0 bridgehead atoms. The number of carbonyl (C=O) groups excluding carboxylic acids is 1. The standard InChI is InChI=1S/C30H49NO3/c1-7-10-11-13-24(9-3)28(32)31(19-8-2)20-18-22(4)23(5)30(6,29(33)34)27-17-16-25-14-12-15-26(25)21-27/h16-17,21-24H,7-15,18-20H2,1-6H3,(H,33,34). The Morgan fingerprint density at radius 2 is 1.71 bits per heavy atom. The van der Waals surface area contributed by atoms with Gasteiger partial charge >= 0.3 is 5.97 Å². The molecule has 0 spiro atoms. The molecule has 4 nitrogen and oxygen atoms in total. The number of unbranched alkanes of at least 4 members (excludes halogenated alkanes) is 2. The van der Waals surface area contributed by atoms with Crippen LogP contribution in [0, 0.1) is 17.8 Å². The topological polar surface area (TPSA) is 57.6 Å². The zero-order chi connectivity index (χ0) is 25.3. The summed E-state index contributed by atoms with van der Waals surface area (Å²) in [6.45, 7) is 14.1. The molecular weight excluding hydrogens is 422 g/mol. The van der Waals surface area contributed by atoms with Gasteiger partial charge in [0.25, 0.3) is 0 Å². The van der Waals surface area contributed by atoms with Crippen molar-refractivity contribution in [2.75, 3.05) is 13.1 Å². The average Bonchev–Trinajstić information content (AvgIpc) is 3.30. The van der Waals surface area contributed by atoms with Gasteiger partial charge in [0.15, 0.2) is 0 Å². The number of fused-ring (bicyclic) bond motifs is 1. The molecular formula is C30H49NO3. The van der Waals surface area contributed by atoms with Gasteiger partial charge in [0, 0.05) is 19.0 Å². The van der Waals surface area contributed by atoms with Gasteiger partial charge in [0.2, 0.25) is 5.91 Å². The maximum absolute atomic E-state index is 13.3. The van der Waals surface area contributed by atoms with Crippen molar-refractivity contribution in [1.82, 2.24) is 4.90 Å². The van der Waals surface area contributed by atoms with Crippen LogP contribution in [0.4, 0.5) is 0 Å². The number of carbonyl (C=O) groups is 2. The first-order chi connectivity index (χ1) is 16.2. The number of rotatable bonds is 15. The minimum atomic E-state index is -0.942. The Bertz CT molecular complexity index is 804. The molecule has 1 amide bonds. The smallest absolute Gasteiger partial charge is 0.314 e. The summed E-state index contributed by atoms with van der Waals surface area (Å²) in [5.74, 6) is -0.217. The Hall–Kier alpha value is -1.84. The van der Waals surface area contributed by atoms with E-state index < -0.39 is 11.4 Å². The molecule has 34 heavy (non-hydrogen) atoms. The van der Waals surface area contributed by atoms with Gasteiger partial charge in [-0.05, 0) is 80.4 Å². The summed E-state index contributed by atoms with van der Waals surface area (Å²) in [6, 6.07) is 6.33. The van der Waals surface area contributed by atoms with Crippen LogP contribution in [0.1, 0.15) is 110 Å². The lowest BCUT2D eigenvalue weighted by Crippen LogP contribution is -2.43. The van der Waals surface area contributed by atoms with Crippen LogP contribution >= 0.6 is 0 Å². The lowest BCUT2D eigenvalue weighted by molar-refractivity contribution is -0.146. The molecule has 0 aromatic heterocycles. The van der Waals surface area contributed by atoms with Crippen molar-refractivity contribution in [2.45, 2.75) is 111 Å². The van der Waals surface area contributed by atoms with Gasteiger partial charge in [-0.1, -0.05) is 72.1 Å². The second-order valence-electron chi connectivity index (χ2n) is 10.8. The molecule has 4 atom stereocenters. The maximum atomic E-state index is 13.3. The number of aryl methyl sites for hydroxylation is 2. The fourth-order valence-corrected chi connectivity index (χ4v) is 5.66. The molecule has 0 aliphatic heterocycles. The summed E-state index contributed by atoms with van der Waals surface area (Å²) in [4.78, 5) is 28.0. The summed E-state index contributed by atoms with van der Waals surface area (Å²) in [6.07, 6.45) is 10.4. The van der Waals surface area contributed by atoms with Gasteiger partial charge < -0.3 is 10.0 Å². The van der Waals surface area contributed by atoms with E-state index in [-0.39, 0.29) is 17.8 Å². The van der Waals surface area contributed by atoms with Gasteiger partial charge in [-0.15, -0.1) is 0 Å². The number of hydrogen-bond donors (Lipinski definition) is 1. The predicted molar refractivity (Wildman–Crippen MR) is 141 cm³/mol. The van der Waals surface area contributed by atoms with Crippen LogP contribution in [-0.2, 0) is 27.8 Å². The van der Waals surface area contributed by atoms with Crippen LogP contribution in [0.2, 0.25) is 0 Å². The summed E-state index contributed by atoms with van der Waals surface area (Å²) in [5, 5.41) is 10.3. The molecule has 1 aromatic carbocycles. The third-order valence-corrected chi connectivity index (χ3v) is 8.56. The lowest BCUT2D eigenvalue weighted by atomic mass is 9.67. The van der Waals surface area contributed by atoms with Crippen LogP contribution in [0.5, 0.6) is 0 Å². The van der Waals surface area contributed by atoms with Crippen LogP contribution < -0.4 is 0 Å². The first-order valence-electron chi connectivity index (χ1n) is 13.8. The van der Waals surface area contributed by atoms with E-state index in [2.05, 4.69) is 51.7 Å². The third kappa shape index (κ3) is 6.64. The van der Waals surface area contributed by atoms with Crippen molar-refractivity contribution >= 4 is 11.9 Å². The van der Waals surface area contributed by atoms with Gasteiger partial charge in [-0.25, -0.2) is 0 Å². The summed E-state index contributed by atoms with van der Waals surface area (Å²) in [7, 11) is 0. The second kappa shape index (κ2) is 13.3. The highest BCUT2D eigenvalue weighted by molar-refractivity contribution is 5.81. The maximum Gasteiger partial charge on any atom is 0.314 e. The molecule has 1 N–H and O–H groups in total. The van der Waals surface area contributed by atoms with Crippen molar-refractivity contribution in [2.24, 2.45) is 17.8 Å². The van der Waals surface area contributed by atoms with Crippen molar-refractivity contribution in [3.63, 3.8) is 0 Å². The van der Waals surface area contributed by atoms with Gasteiger partial charge in [0.05, 0.1) is 5.41 Å². The van der Waals surface area contributed by atoms with E-state index in [0.29, 0.717) is 12.5 Å². The minimum Gasteiger partial charge on any atom is -0.481 e. The highest BCUT2D eigenvalue weighted by atomic mass is 16.4. The summed E-state index contributed by atoms with van der Waals surface area (Å²) in [5.41, 5.74) is 2.67. The van der Waals surface area contributed by atoms with E-state index in [1.54, 1.807) is 0 Å². The number of nitrogens with zero attached hydrogens (tertiary/aromatic N) is 1. The third-order valence-electron chi connectivity index (χ3n) is 8.56. The Morgan fingerprint density at radius 3 is 2.32 bits per heavy atom. The normalized spacial score (nSPS) is 17.5. The van der Waals surface area contributed by atoms with Crippen molar-refractivity contribution in [3.8, 4) is 0 Å². The average molecular weight is 472 g/mol. The van der Waals surface area contributed by atoms with Crippen LogP contribution in [0.3, 0.4) is 0 Å². The molecule has 4 heteroatoms. The highest BCUT2D eigenvalue weighted by Gasteiger charge is 2.43. The highest BCUT2D eigenvalue weighted by Crippen LogP contribution is 2.40. The van der Waals surface area contributed by atoms with Crippen LogP contribution in [0.25, 0.3) is 0 Å². The Labute approximate surface area is 208 Å². The zero-order valence-electron chi connectivity index (χ0n) is 22.7. The van der Waals surface area contributed by atoms with E-state index in [4.69, 9.17) is 0 Å². The number of carboxylic acids is 1. The summed E-state index contributed by atoms with van der Waals surface area (Å²) >= 11 is 0. The zero-order valence-corrected chi connectivity index (χ0v) is 22.7. The molecule has 0 saturated carbocycles. The molecule has 1 aromatic rings. The van der Waals surface area contributed by atoms with Gasteiger partial charge in [-0.3, -0.25) is 9.59 Å². The van der Waals surface area contributed by atoms with E-state index in [1.165, 1.54) is 24.0 Å². The van der Waals surface area contributed by atoms with Crippen LogP contribution in [0.15, 0.2) is 18.2 Å². The quantitative estimate of drug-likeness (QED) is 0.279. The summed E-state index contributed by atoms with van der Waals surface area (Å²) < 4.78 is 0. The monoisotopic (exact) mass is 471 g/mol.